The van der Waals surface area contributed by atoms with Crippen LogP contribution < -0.4 is 0 Å². The quantitative estimate of drug-likeness (QED) is 0.0926. The van der Waals surface area contributed by atoms with Crippen LogP contribution in [0.5, 0.6) is 0 Å². The van der Waals surface area contributed by atoms with E-state index in [9.17, 15) is 10.1 Å². The van der Waals surface area contributed by atoms with E-state index in [4.69, 9.17) is 0 Å². The zero-order valence-corrected chi connectivity index (χ0v) is 22.0. The van der Waals surface area contributed by atoms with E-state index in [1.807, 2.05) is 54.6 Å². The molecule has 0 saturated carbocycles. The Bertz CT molecular complexity index is 2290. The summed E-state index contributed by atoms with van der Waals surface area (Å²) < 4.78 is 0. The molecule has 3 heteroatoms. The lowest BCUT2D eigenvalue weighted by Crippen LogP contribution is -1.91. The van der Waals surface area contributed by atoms with E-state index in [-0.39, 0.29) is 10.6 Å². The van der Waals surface area contributed by atoms with Crippen molar-refractivity contribution < 1.29 is 4.92 Å². The van der Waals surface area contributed by atoms with Crippen LogP contribution >= 0.6 is 0 Å². The number of nitrogens with zero attached hydrogens (tertiary/aromatic N) is 1. The lowest BCUT2D eigenvalue weighted by atomic mass is 9.90. The van der Waals surface area contributed by atoms with Gasteiger partial charge in [-0.25, -0.2) is 0 Å². The van der Waals surface area contributed by atoms with Crippen LogP contribution in [0.2, 0.25) is 0 Å². The van der Waals surface area contributed by atoms with Gasteiger partial charge in [-0.15, -0.1) is 0 Å². The molecule has 0 heterocycles. The van der Waals surface area contributed by atoms with Crippen LogP contribution in [0.25, 0.3) is 75.4 Å². The average molecular weight is 526 g/mol. The molecule has 3 nitrogen and oxygen atoms in total. The molecule has 0 amide bonds. The Kier molecular flexibility index (Phi) is 5.13. The van der Waals surface area contributed by atoms with E-state index in [1.165, 1.54) is 43.1 Å². The first-order valence-electron chi connectivity index (χ1n) is 13.7. The molecule has 0 aromatic heterocycles. The Morgan fingerprint density at radius 2 is 0.780 bits per heavy atom. The van der Waals surface area contributed by atoms with Gasteiger partial charge in [-0.3, -0.25) is 10.1 Å². The minimum Gasteiger partial charge on any atom is -0.258 e. The lowest BCUT2D eigenvalue weighted by molar-refractivity contribution is -0.382. The van der Waals surface area contributed by atoms with Gasteiger partial charge in [0, 0.05) is 6.07 Å². The number of rotatable bonds is 1. The van der Waals surface area contributed by atoms with E-state index in [1.54, 1.807) is 6.07 Å². The highest BCUT2D eigenvalue weighted by Crippen LogP contribution is 2.40. The largest absolute Gasteiger partial charge is 0.277 e. The van der Waals surface area contributed by atoms with E-state index in [0.29, 0.717) is 5.39 Å². The van der Waals surface area contributed by atoms with Crippen LogP contribution in [0.4, 0.5) is 5.69 Å². The highest BCUT2D eigenvalue weighted by molar-refractivity contribution is 6.32. The molecule has 0 N–H and O–H groups in total. The van der Waals surface area contributed by atoms with Gasteiger partial charge in [0.1, 0.15) is 0 Å². The van der Waals surface area contributed by atoms with Gasteiger partial charge in [-0.1, -0.05) is 127 Å². The molecule has 9 aromatic carbocycles. The van der Waals surface area contributed by atoms with Crippen LogP contribution in [-0.4, -0.2) is 4.92 Å². The summed E-state index contributed by atoms with van der Waals surface area (Å²) in [6.45, 7) is 0. The Labute approximate surface area is 235 Å². The summed E-state index contributed by atoms with van der Waals surface area (Å²) in [6.07, 6.45) is 0. The topological polar surface area (TPSA) is 43.1 Å². The molecule has 9 rings (SSSR count). The summed E-state index contributed by atoms with van der Waals surface area (Å²) in [5.74, 6) is 0. The zero-order chi connectivity index (χ0) is 27.5. The van der Waals surface area contributed by atoms with Gasteiger partial charge < -0.3 is 0 Å². The number of nitro groups is 1. The van der Waals surface area contributed by atoms with Crippen LogP contribution in [0.15, 0.2) is 140 Å². The number of fused-ring (bicyclic) bond motifs is 7. The average Bonchev–Trinajstić information content (AvgIpc) is 3.03. The van der Waals surface area contributed by atoms with E-state index >= 15 is 0 Å². The number of non-ortho nitro benzene ring substituents is 1. The van der Waals surface area contributed by atoms with Gasteiger partial charge in [0.05, 0.1) is 10.3 Å². The van der Waals surface area contributed by atoms with Crippen molar-refractivity contribution in [1.29, 1.82) is 0 Å². The molecular formula is C38H23NO2. The molecule has 0 aliphatic carbocycles. The fourth-order valence-electron chi connectivity index (χ4n) is 6.57. The number of benzene rings is 9. The van der Waals surface area contributed by atoms with Crippen molar-refractivity contribution >= 4 is 81.1 Å². The van der Waals surface area contributed by atoms with Crippen molar-refractivity contribution in [2.45, 2.75) is 0 Å². The molecule has 0 radical (unpaired) electrons. The molecule has 192 valence electrons. The first kappa shape index (κ1) is 23.4. The minimum atomic E-state index is -0.302. The van der Waals surface area contributed by atoms with Crippen molar-refractivity contribution in [2.75, 3.05) is 0 Å². The third-order valence-corrected chi connectivity index (χ3v) is 8.33. The molecule has 0 aliphatic rings. The van der Waals surface area contributed by atoms with Gasteiger partial charge >= 0.3 is 0 Å². The van der Waals surface area contributed by atoms with Crippen LogP contribution in [-0.2, 0) is 0 Å². The Balaban J connectivity index is 0.000000125. The molecule has 9 aromatic rings. The number of hydrogen-bond donors (Lipinski definition) is 0. The third kappa shape index (κ3) is 3.53. The molecule has 0 atom stereocenters. The first-order chi connectivity index (χ1) is 20.2. The van der Waals surface area contributed by atoms with E-state index in [2.05, 4.69) is 78.9 Å². The number of nitro benzene ring substituents is 1. The summed E-state index contributed by atoms with van der Waals surface area (Å²) in [7, 11) is 0. The maximum atomic E-state index is 11.4. The highest BCUT2D eigenvalue weighted by atomic mass is 16.6. The second-order valence-electron chi connectivity index (χ2n) is 10.5. The third-order valence-electron chi connectivity index (χ3n) is 8.33. The fourth-order valence-corrected chi connectivity index (χ4v) is 6.57. The predicted octanol–water partition coefficient (Wildman–Crippen LogP) is 10.8. The van der Waals surface area contributed by atoms with Gasteiger partial charge in [0.25, 0.3) is 5.69 Å². The van der Waals surface area contributed by atoms with Crippen molar-refractivity contribution in [3.63, 3.8) is 0 Å². The van der Waals surface area contributed by atoms with Gasteiger partial charge in [-0.05, 0) is 76.1 Å². The maximum Gasteiger partial charge on any atom is 0.277 e. The van der Waals surface area contributed by atoms with Crippen molar-refractivity contribution in [1.82, 2.24) is 0 Å². The summed E-state index contributed by atoms with van der Waals surface area (Å²) in [5.41, 5.74) is 0.162. The standard InChI is InChI=1S/C20H12.C18H11NO2/c1-5-13-6-2-11-17-18-12-4-8-14-7-3-10-16(20(14)18)15(9-1)19(13)17;20-19(21)18-11-17-13-6-2-1-5-12(13)9-10-15(17)14-7-3-4-8-16(14)18/h1-12H;1-11H. The molecule has 0 saturated heterocycles. The van der Waals surface area contributed by atoms with Gasteiger partial charge in [0.15, 0.2) is 0 Å². The van der Waals surface area contributed by atoms with Crippen LogP contribution in [0.3, 0.4) is 0 Å². The SMILES string of the molecule is O=[N+]([O-])c1cc2c3ccccc3ccc2c2ccccc12.c1cc2cccc3c4cccc5cccc(c(c1)c23)c54. The molecule has 0 unspecified atom stereocenters. The minimum absolute atomic E-state index is 0.162. The maximum absolute atomic E-state index is 11.4. The Morgan fingerprint density at radius 1 is 0.366 bits per heavy atom. The second-order valence-corrected chi connectivity index (χ2v) is 10.5. The molecular weight excluding hydrogens is 502 g/mol. The highest BCUT2D eigenvalue weighted by Gasteiger charge is 2.16. The normalized spacial score (nSPS) is 11.6. The summed E-state index contributed by atoms with van der Waals surface area (Å²) in [6, 6.07) is 47.7. The second kappa shape index (κ2) is 9.00. The Morgan fingerprint density at radius 3 is 1.32 bits per heavy atom. The zero-order valence-electron chi connectivity index (χ0n) is 22.0. The monoisotopic (exact) mass is 525 g/mol. The first-order valence-corrected chi connectivity index (χ1v) is 13.7. The summed E-state index contributed by atoms with van der Waals surface area (Å²) in [4.78, 5) is 11.1. The summed E-state index contributed by atoms with van der Waals surface area (Å²) in [5, 5.41) is 28.0. The van der Waals surface area contributed by atoms with E-state index in [0.717, 1.165) is 26.9 Å². The number of hydrogen-bond acceptors (Lipinski definition) is 2. The van der Waals surface area contributed by atoms with Crippen LogP contribution in [0, 0.1) is 10.1 Å². The molecule has 0 spiro atoms. The van der Waals surface area contributed by atoms with Crippen LogP contribution in [0.1, 0.15) is 0 Å². The van der Waals surface area contributed by atoms with Crippen molar-refractivity contribution in [2.24, 2.45) is 0 Å². The Hall–Kier alpha value is -5.54. The predicted molar refractivity (Wildman–Crippen MR) is 173 cm³/mol. The molecule has 0 bridgehead atoms. The van der Waals surface area contributed by atoms with Crippen molar-refractivity contribution in [3.05, 3.63) is 150 Å². The lowest BCUT2D eigenvalue weighted by Gasteiger charge is -2.13. The van der Waals surface area contributed by atoms with Crippen molar-refractivity contribution in [3.8, 4) is 0 Å². The molecule has 41 heavy (non-hydrogen) atoms. The van der Waals surface area contributed by atoms with Gasteiger partial charge in [-0.2, -0.15) is 0 Å². The van der Waals surface area contributed by atoms with E-state index < -0.39 is 0 Å². The molecule has 0 aliphatic heterocycles. The molecule has 0 fully saturated rings. The fraction of sp³-hybridized carbons (Fsp3) is 0. The smallest absolute Gasteiger partial charge is 0.258 e. The van der Waals surface area contributed by atoms with Gasteiger partial charge in [0.2, 0.25) is 0 Å². The summed E-state index contributed by atoms with van der Waals surface area (Å²) >= 11 is 0.